The molecule has 1 aromatic carbocycles. The zero-order chi connectivity index (χ0) is 13.8. The number of nitrogens with zero attached hydrogens (tertiary/aromatic N) is 4. The molecule has 5 nitrogen and oxygen atoms in total. The number of hydrogen-bond acceptors (Lipinski definition) is 4. The Morgan fingerprint density at radius 1 is 1.37 bits per heavy atom. The third-order valence-electron chi connectivity index (χ3n) is 3.34. The number of rotatable bonds is 5. The summed E-state index contributed by atoms with van der Waals surface area (Å²) < 4.78 is 1.88. The number of aromatic nitrogens is 4. The molecule has 0 fully saturated rings. The van der Waals surface area contributed by atoms with E-state index in [1.807, 2.05) is 29.8 Å². The molecule has 0 bridgehead atoms. The second-order valence-electron chi connectivity index (χ2n) is 5.03. The summed E-state index contributed by atoms with van der Waals surface area (Å²) in [5.74, 6) is 0.754. The highest BCUT2D eigenvalue weighted by Gasteiger charge is 2.16. The summed E-state index contributed by atoms with van der Waals surface area (Å²) in [6.45, 7) is 6.37. The predicted molar refractivity (Wildman–Crippen MR) is 76.6 cm³/mol. The number of unbranched alkanes of at least 4 members (excludes halogenated alkanes) is 1. The number of hydrogen-bond donors (Lipinski definition) is 1. The topological polar surface area (TPSA) is 69.6 Å². The van der Waals surface area contributed by atoms with Crippen molar-refractivity contribution in [2.45, 2.75) is 46.1 Å². The van der Waals surface area contributed by atoms with Crippen molar-refractivity contribution in [3.63, 3.8) is 0 Å². The van der Waals surface area contributed by atoms with E-state index in [0.717, 1.165) is 23.4 Å². The molecular formula is C14H21N5. The van der Waals surface area contributed by atoms with Crippen molar-refractivity contribution >= 4 is 5.69 Å². The Hall–Kier alpha value is -1.91. The fourth-order valence-electron chi connectivity index (χ4n) is 2.15. The predicted octanol–water partition coefficient (Wildman–Crippen LogP) is 2.98. The fraction of sp³-hybridized carbons (Fsp3) is 0.500. The Labute approximate surface area is 113 Å². The summed E-state index contributed by atoms with van der Waals surface area (Å²) in [4.78, 5) is 0. The Kier molecular flexibility index (Phi) is 4.14. The van der Waals surface area contributed by atoms with E-state index in [1.165, 1.54) is 12.8 Å². The van der Waals surface area contributed by atoms with Crippen LogP contribution in [0.5, 0.6) is 0 Å². The minimum Gasteiger partial charge on any atom is -0.398 e. The fourth-order valence-corrected chi connectivity index (χ4v) is 2.15. The van der Waals surface area contributed by atoms with Crippen LogP contribution in [0.15, 0.2) is 18.2 Å². The normalized spacial score (nSPS) is 12.6. The van der Waals surface area contributed by atoms with E-state index in [-0.39, 0.29) is 6.04 Å². The summed E-state index contributed by atoms with van der Waals surface area (Å²) in [5.41, 5.74) is 8.82. The van der Waals surface area contributed by atoms with Crippen LogP contribution < -0.4 is 5.73 Å². The van der Waals surface area contributed by atoms with Gasteiger partial charge in [-0.25, -0.2) is 4.68 Å². The van der Waals surface area contributed by atoms with Crippen molar-refractivity contribution in [2.75, 3.05) is 5.73 Å². The van der Waals surface area contributed by atoms with Crippen molar-refractivity contribution in [3.8, 4) is 11.4 Å². The summed E-state index contributed by atoms with van der Waals surface area (Å²) in [6.07, 6.45) is 3.42. The molecule has 2 rings (SSSR count). The Morgan fingerprint density at radius 3 is 2.89 bits per heavy atom. The van der Waals surface area contributed by atoms with Gasteiger partial charge in [0.25, 0.3) is 0 Å². The molecule has 1 heterocycles. The first kappa shape index (κ1) is 13.5. The van der Waals surface area contributed by atoms with Gasteiger partial charge in [0.2, 0.25) is 0 Å². The third kappa shape index (κ3) is 2.92. The zero-order valence-corrected chi connectivity index (χ0v) is 11.8. The molecule has 0 radical (unpaired) electrons. The van der Waals surface area contributed by atoms with Crippen LogP contribution in [0.1, 0.15) is 44.7 Å². The van der Waals surface area contributed by atoms with E-state index >= 15 is 0 Å². The average molecular weight is 259 g/mol. The van der Waals surface area contributed by atoms with Gasteiger partial charge >= 0.3 is 0 Å². The molecule has 0 aliphatic heterocycles. The standard InChI is InChI=1S/C14H21N5/c1-4-5-6-11(3)19-14(16-17-18-19)12-9-10(2)7-8-13(12)15/h7-9,11H,4-6,15H2,1-3H3. The lowest BCUT2D eigenvalue weighted by Crippen LogP contribution is -2.10. The molecule has 1 aromatic heterocycles. The highest BCUT2D eigenvalue weighted by molar-refractivity contribution is 5.72. The van der Waals surface area contributed by atoms with Crippen molar-refractivity contribution in [1.82, 2.24) is 20.2 Å². The minimum atomic E-state index is 0.282. The maximum Gasteiger partial charge on any atom is 0.184 e. The summed E-state index contributed by atoms with van der Waals surface area (Å²) in [6, 6.07) is 6.21. The molecule has 1 atom stereocenters. The lowest BCUT2D eigenvalue weighted by Gasteiger charge is -2.14. The average Bonchev–Trinajstić information content (AvgIpc) is 2.88. The summed E-state index contributed by atoms with van der Waals surface area (Å²) in [5, 5.41) is 12.1. The summed E-state index contributed by atoms with van der Waals surface area (Å²) in [7, 11) is 0. The molecule has 102 valence electrons. The van der Waals surface area contributed by atoms with E-state index < -0.39 is 0 Å². The van der Waals surface area contributed by atoms with Crippen molar-refractivity contribution in [3.05, 3.63) is 23.8 Å². The lowest BCUT2D eigenvalue weighted by molar-refractivity contribution is 0.437. The van der Waals surface area contributed by atoms with Crippen LogP contribution >= 0.6 is 0 Å². The molecule has 0 aliphatic carbocycles. The van der Waals surface area contributed by atoms with E-state index in [4.69, 9.17) is 5.73 Å². The van der Waals surface area contributed by atoms with Gasteiger partial charge in [-0.3, -0.25) is 0 Å². The van der Waals surface area contributed by atoms with Crippen molar-refractivity contribution < 1.29 is 0 Å². The molecule has 0 amide bonds. The second-order valence-corrected chi connectivity index (χ2v) is 5.03. The van der Waals surface area contributed by atoms with Crippen LogP contribution in [-0.2, 0) is 0 Å². The molecule has 2 N–H and O–H groups in total. The molecule has 1 unspecified atom stereocenters. The maximum absolute atomic E-state index is 6.04. The van der Waals surface area contributed by atoms with Gasteiger partial charge in [0.1, 0.15) is 0 Å². The van der Waals surface area contributed by atoms with Gasteiger partial charge in [-0.1, -0.05) is 31.4 Å². The van der Waals surface area contributed by atoms with Crippen LogP contribution in [-0.4, -0.2) is 20.2 Å². The molecular weight excluding hydrogens is 238 g/mol. The monoisotopic (exact) mass is 259 g/mol. The van der Waals surface area contributed by atoms with Gasteiger partial charge < -0.3 is 5.73 Å². The quantitative estimate of drug-likeness (QED) is 0.838. The highest BCUT2D eigenvalue weighted by atomic mass is 15.5. The zero-order valence-electron chi connectivity index (χ0n) is 11.8. The Balaban J connectivity index is 2.35. The van der Waals surface area contributed by atoms with Gasteiger partial charge in [0.05, 0.1) is 6.04 Å². The first-order chi connectivity index (χ1) is 9.13. The van der Waals surface area contributed by atoms with Crippen LogP contribution in [0.4, 0.5) is 5.69 Å². The third-order valence-corrected chi connectivity index (χ3v) is 3.34. The number of nitrogens with two attached hydrogens (primary N) is 1. The number of tetrazole rings is 1. The summed E-state index contributed by atoms with van der Waals surface area (Å²) >= 11 is 0. The first-order valence-corrected chi connectivity index (χ1v) is 6.77. The number of benzene rings is 1. The number of aryl methyl sites for hydroxylation is 1. The van der Waals surface area contributed by atoms with Crippen LogP contribution in [0, 0.1) is 6.92 Å². The molecule has 0 saturated heterocycles. The van der Waals surface area contributed by atoms with E-state index in [2.05, 4.69) is 29.4 Å². The Bertz CT molecular complexity index is 547. The van der Waals surface area contributed by atoms with E-state index in [9.17, 15) is 0 Å². The largest absolute Gasteiger partial charge is 0.398 e. The van der Waals surface area contributed by atoms with Gasteiger partial charge in [0.15, 0.2) is 5.82 Å². The van der Waals surface area contributed by atoms with Gasteiger partial charge in [-0.2, -0.15) is 0 Å². The van der Waals surface area contributed by atoms with Crippen molar-refractivity contribution in [2.24, 2.45) is 0 Å². The van der Waals surface area contributed by atoms with Crippen LogP contribution in [0.25, 0.3) is 11.4 Å². The molecule has 19 heavy (non-hydrogen) atoms. The van der Waals surface area contributed by atoms with Gasteiger partial charge in [-0.15, -0.1) is 5.10 Å². The number of anilines is 1. The highest BCUT2D eigenvalue weighted by Crippen LogP contribution is 2.27. The smallest absolute Gasteiger partial charge is 0.184 e. The first-order valence-electron chi connectivity index (χ1n) is 6.77. The van der Waals surface area contributed by atoms with E-state index in [0.29, 0.717) is 5.69 Å². The molecule has 0 aliphatic rings. The van der Waals surface area contributed by atoms with Gasteiger partial charge in [0, 0.05) is 11.3 Å². The maximum atomic E-state index is 6.04. The lowest BCUT2D eigenvalue weighted by atomic mass is 10.1. The molecule has 0 spiro atoms. The molecule has 5 heteroatoms. The minimum absolute atomic E-state index is 0.282. The van der Waals surface area contributed by atoms with E-state index in [1.54, 1.807) is 0 Å². The SMILES string of the molecule is CCCCC(C)n1nnnc1-c1cc(C)ccc1N. The molecule has 0 saturated carbocycles. The van der Waals surface area contributed by atoms with Gasteiger partial charge in [-0.05, 0) is 42.8 Å². The van der Waals surface area contributed by atoms with Crippen molar-refractivity contribution in [1.29, 1.82) is 0 Å². The second kappa shape index (κ2) is 5.82. The van der Waals surface area contributed by atoms with Crippen LogP contribution in [0.2, 0.25) is 0 Å². The number of nitrogen functional groups attached to an aromatic ring is 1. The molecule has 2 aromatic rings. The van der Waals surface area contributed by atoms with Crippen LogP contribution in [0.3, 0.4) is 0 Å². The Morgan fingerprint density at radius 2 is 2.16 bits per heavy atom.